The van der Waals surface area contributed by atoms with Gasteiger partial charge >= 0.3 is 16.3 Å². The lowest BCUT2D eigenvalue weighted by Crippen LogP contribution is -2.44. The number of rotatable bonds is 3. The van der Waals surface area contributed by atoms with E-state index in [4.69, 9.17) is 0 Å². The summed E-state index contributed by atoms with van der Waals surface area (Å²) >= 11 is 0. The third kappa shape index (κ3) is 2.93. The average Bonchev–Trinajstić information content (AvgIpc) is 2.72. The molecule has 2 fully saturated rings. The van der Waals surface area contributed by atoms with Gasteiger partial charge in [-0.2, -0.15) is 12.7 Å². The molecule has 1 amide bonds. The topological polar surface area (TPSA) is 87.7 Å². The van der Waals surface area contributed by atoms with Crippen LogP contribution in [0, 0.1) is 5.92 Å². The number of ether oxygens (including phenoxy) is 1. The third-order valence-electron chi connectivity index (χ3n) is 3.39. The van der Waals surface area contributed by atoms with Gasteiger partial charge in [0, 0.05) is 19.1 Å². The van der Waals surface area contributed by atoms with Crippen molar-refractivity contribution in [2.75, 3.05) is 26.2 Å². The van der Waals surface area contributed by atoms with Gasteiger partial charge in [-0.25, -0.2) is 9.52 Å². The van der Waals surface area contributed by atoms with Crippen molar-refractivity contribution in [3.63, 3.8) is 0 Å². The molecule has 0 aromatic carbocycles. The minimum absolute atomic E-state index is 0.147. The highest BCUT2D eigenvalue weighted by atomic mass is 32.2. The predicted molar refractivity (Wildman–Crippen MR) is 65.2 cm³/mol. The zero-order valence-corrected chi connectivity index (χ0v) is 11.2. The first-order chi connectivity index (χ1) is 8.53. The summed E-state index contributed by atoms with van der Waals surface area (Å²) in [5.41, 5.74) is 0. The van der Waals surface area contributed by atoms with E-state index in [2.05, 4.69) is 10.1 Å². The van der Waals surface area contributed by atoms with E-state index in [1.807, 2.05) is 4.72 Å². The van der Waals surface area contributed by atoms with Gasteiger partial charge in [-0.1, -0.05) is 0 Å². The first-order valence-corrected chi connectivity index (χ1v) is 7.65. The third-order valence-corrected chi connectivity index (χ3v) is 4.80. The van der Waals surface area contributed by atoms with Crippen LogP contribution >= 0.6 is 0 Å². The Morgan fingerprint density at radius 3 is 2.94 bits per heavy atom. The molecule has 0 aromatic rings. The highest BCUT2D eigenvalue weighted by Crippen LogP contribution is 2.26. The summed E-state index contributed by atoms with van der Waals surface area (Å²) in [6, 6.07) is 0.206. The Kier molecular flexibility index (Phi) is 4.08. The number of carbonyl (C=O) groups is 1. The molecular formula is C10H19N3O4S. The molecule has 2 saturated heterocycles. The van der Waals surface area contributed by atoms with Crippen LogP contribution in [0.25, 0.3) is 0 Å². The first-order valence-electron chi connectivity index (χ1n) is 6.21. The van der Waals surface area contributed by atoms with Crippen LogP contribution in [0.3, 0.4) is 0 Å². The molecule has 2 aliphatic rings. The van der Waals surface area contributed by atoms with Crippen LogP contribution in [0.5, 0.6) is 0 Å². The lowest BCUT2D eigenvalue weighted by atomic mass is 9.94. The number of piperidine rings is 1. The number of nitrogens with one attached hydrogen (secondary N) is 2. The Bertz CT molecular complexity index is 397. The van der Waals surface area contributed by atoms with Gasteiger partial charge in [-0.3, -0.25) is 0 Å². The van der Waals surface area contributed by atoms with E-state index in [-0.39, 0.29) is 12.6 Å². The Balaban J connectivity index is 1.96. The number of amides is 1. The lowest BCUT2D eigenvalue weighted by molar-refractivity contribution is 0.158. The molecular weight excluding hydrogens is 258 g/mol. The number of fused-ring (bicyclic) bond motifs is 1. The molecule has 2 atom stereocenters. The van der Waals surface area contributed by atoms with Gasteiger partial charge < -0.3 is 10.1 Å². The molecule has 0 aromatic heterocycles. The molecule has 0 radical (unpaired) electrons. The molecule has 7 nitrogen and oxygen atoms in total. The van der Waals surface area contributed by atoms with Crippen LogP contribution in [0.1, 0.15) is 19.8 Å². The summed E-state index contributed by atoms with van der Waals surface area (Å²) in [6.45, 7) is 3.58. The Labute approximate surface area is 107 Å². The van der Waals surface area contributed by atoms with Crippen molar-refractivity contribution in [3.8, 4) is 0 Å². The highest BCUT2D eigenvalue weighted by molar-refractivity contribution is 7.87. The Morgan fingerprint density at radius 1 is 1.50 bits per heavy atom. The second-order valence-electron chi connectivity index (χ2n) is 4.61. The van der Waals surface area contributed by atoms with Gasteiger partial charge in [0.2, 0.25) is 0 Å². The van der Waals surface area contributed by atoms with Crippen LogP contribution in [0.2, 0.25) is 0 Å². The van der Waals surface area contributed by atoms with Crippen molar-refractivity contribution in [2.45, 2.75) is 25.8 Å². The minimum atomic E-state index is -3.77. The van der Waals surface area contributed by atoms with E-state index < -0.39 is 16.3 Å². The SMILES string of the molecule is CCOC(=O)NS(=O)(=O)N1CC2CCCNC2C1. The fraction of sp³-hybridized carbons (Fsp3) is 0.900. The zero-order valence-electron chi connectivity index (χ0n) is 10.4. The van der Waals surface area contributed by atoms with Crippen LogP contribution in [0.15, 0.2) is 0 Å². The van der Waals surface area contributed by atoms with Gasteiger partial charge in [0.1, 0.15) is 0 Å². The summed E-state index contributed by atoms with van der Waals surface area (Å²) in [4.78, 5) is 11.2. The molecule has 2 aliphatic heterocycles. The van der Waals surface area contributed by atoms with Gasteiger partial charge in [0.15, 0.2) is 0 Å². The zero-order chi connectivity index (χ0) is 13.2. The van der Waals surface area contributed by atoms with Crippen LogP contribution in [-0.4, -0.2) is 51.1 Å². The first kappa shape index (κ1) is 13.6. The van der Waals surface area contributed by atoms with E-state index in [1.54, 1.807) is 6.92 Å². The van der Waals surface area contributed by atoms with Crippen molar-refractivity contribution >= 4 is 16.3 Å². The maximum atomic E-state index is 11.9. The molecule has 8 heteroatoms. The maximum Gasteiger partial charge on any atom is 0.421 e. The average molecular weight is 277 g/mol. The van der Waals surface area contributed by atoms with Gasteiger partial charge in [-0.05, 0) is 32.2 Å². The van der Waals surface area contributed by atoms with Gasteiger partial charge in [0.05, 0.1) is 6.61 Å². The van der Waals surface area contributed by atoms with Gasteiger partial charge in [-0.15, -0.1) is 0 Å². The summed E-state index contributed by atoms with van der Waals surface area (Å²) < 4.78 is 31.7. The monoisotopic (exact) mass is 277 g/mol. The number of carbonyl (C=O) groups excluding carboxylic acids is 1. The molecule has 2 unspecified atom stereocenters. The lowest BCUT2D eigenvalue weighted by Gasteiger charge is -2.24. The van der Waals surface area contributed by atoms with Crippen LogP contribution in [-0.2, 0) is 14.9 Å². The summed E-state index contributed by atoms with van der Waals surface area (Å²) in [5.74, 6) is 0.345. The van der Waals surface area contributed by atoms with Crippen molar-refractivity contribution in [1.82, 2.24) is 14.3 Å². The van der Waals surface area contributed by atoms with Gasteiger partial charge in [0.25, 0.3) is 0 Å². The molecule has 104 valence electrons. The molecule has 2 heterocycles. The van der Waals surface area contributed by atoms with Crippen molar-refractivity contribution in [2.24, 2.45) is 5.92 Å². The number of hydrogen-bond acceptors (Lipinski definition) is 5. The predicted octanol–water partition coefficient (Wildman–Crippen LogP) is -0.339. The largest absolute Gasteiger partial charge is 0.449 e. The molecule has 0 bridgehead atoms. The Morgan fingerprint density at radius 2 is 2.28 bits per heavy atom. The molecule has 2 N–H and O–H groups in total. The molecule has 0 saturated carbocycles. The highest BCUT2D eigenvalue weighted by Gasteiger charge is 2.40. The minimum Gasteiger partial charge on any atom is -0.449 e. The van der Waals surface area contributed by atoms with E-state index >= 15 is 0 Å². The second-order valence-corrected chi connectivity index (χ2v) is 6.28. The van der Waals surface area contributed by atoms with Crippen molar-refractivity contribution in [3.05, 3.63) is 0 Å². The quantitative estimate of drug-likeness (QED) is 0.737. The Hall–Kier alpha value is -0.860. The molecule has 0 spiro atoms. The molecule has 2 rings (SSSR count). The smallest absolute Gasteiger partial charge is 0.421 e. The molecule has 0 aliphatic carbocycles. The summed E-state index contributed by atoms with van der Waals surface area (Å²) in [6.07, 6.45) is 1.18. The number of hydrogen-bond donors (Lipinski definition) is 2. The van der Waals surface area contributed by atoms with E-state index in [0.29, 0.717) is 19.0 Å². The summed E-state index contributed by atoms with van der Waals surface area (Å²) in [7, 11) is -3.77. The van der Waals surface area contributed by atoms with E-state index in [1.165, 1.54) is 4.31 Å². The normalized spacial score (nSPS) is 28.7. The fourth-order valence-corrected chi connectivity index (χ4v) is 3.68. The van der Waals surface area contributed by atoms with Crippen molar-refractivity contribution in [1.29, 1.82) is 0 Å². The number of nitrogens with zero attached hydrogens (tertiary/aromatic N) is 1. The van der Waals surface area contributed by atoms with Crippen LogP contribution in [0.4, 0.5) is 4.79 Å². The second kappa shape index (κ2) is 5.41. The van der Waals surface area contributed by atoms with E-state index in [9.17, 15) is 13.2 Å². The van der Waals surface area contributed by atoms with Crippen molar-refractivity contribution < 1.29 is 17.9 Å². The van der Waals surface area contributed by atoms with E-state index in [0.717, 1.165) is 19.4 Å². The standard InChI is InChI=1S/C10H19N3O4S/c1-2-17-10(14)12-18(15,16)13-6-8-4-3-5-11-9(8)7-13/h8-9,11H,2-7H2,1H3,(H,12,14). The summed E-state index contributed by atoms with van der Waals surface area (Å²) in [5, 5.41) is 3.31. The van der Waals surface area contributed by atoms with Crippen LogP contribution < -0.4 is 10.0 Å². The maximum absolute atomic E-state index is 11.9. The fourth-order valence-electron chi connectivity index (χ4n) is 2.53. The molecule has 18 heavy (non-hydrogen) atoms.